The molecule has 0 atom stereocenters. The molecule has 0 spiro atoms. The first-order valence-corrected chi connectivity index (χ1v) is 16.4. The number of hydrogen-bond donors (Lipinski definition) is 1. The molecule has 234 valence electrons. The highest BCUT2D eigenvalue weighted by atomic mass is 35.5. The summed E-state index contributed by atoms with van der Waals surface area (Å²) in [5, 5.41) is 10.6. The van der Waals surface area contributed by atoms with Gasteiger partial charge in [0.15, 0.2) is 0 Å². The van der Waals surface area contributed by atoms with E-state index in [0.717, 1.165) is 73.0 Å². The van der Waals surface area contributed by atoms with Crippen LogP contribution in [0.5, 0.6) is 0 Å². The average Bonchev–Trinajstić information content (AvgIpc) is 3.46. The second kappa shape index (κ2) is 12.9. The molecule has 2 aromatic heterocycles. The summed E-state index contributed by atoms with van der Waals surface area (Å²) in [6, 6.07) is 8.13. The Bertz CT molecular complexity index is 1480. The monoisotopic (exact) mass is 648 g/mol. The van der Waals surface area contributed by atoms with Crippen LogP contribution >= 0.6 is 35.3 Å². The summed E-state index contributed by atoms with van der Waals surface area (Å²) in [6.45, 7) is 12.0. The van der Waals surface area contributed by atoms with Crippen LogP contribution in [0, 0.1) is 0 Å². The number of thiophene rings is 1. The first kappa shape index (κ1) is 31.9. The molecule has 0 radical (unpaired) electrons. The van der Waals surface area contributed by atoms with Gasteiger partial charge in [0.2, 0.25) is 0 Å². The van der Waals surface area contributed by atoms with Gasteiger partial charge in [-0.2, -0.15) is 0 Å². The van der Waals surface area contributed by atoms with Gasteiger partial charge in [-0.1, -0.05) is 30.9 Å². The number of carbonyl (C=O) groups is 2. The summed E-state index contributed by atoms with van der Waals surface area (Å²) in [4.78, 5) is 31.6. The lowest BCUT2D eigenvalue weighted by atomic mass is 9.83. The molecule has 1 saturated heterocycles. The molecule has 1 saturated carbocycles. The number of hydrogen-bond acceptors (Lipinski definition) is 6. The van der Waals surface area contributed by atoms with Crippen molar-refractivity contribution < 1.29 is 19.4 Å². The minimum atomic E-state index is -0.852. The van der Waals surface area contributed by atoms with Gasteiger partial charge in [0.1, 0.15) is 10.5 Å². The highest BCUT2D eigenvalue weighted by molar-refractivity contribution is 7.21. The first-order chi connectivity index (χ1) is 20.1. The fourth-order valence-electron chi connectivity index (χ4n) is 6.83. The summed E-state index contributed by atoms with van der Waals surface area (Å²) in [7, 11) is 0. The van der Waals surface area contributed by atoms with Crippen LogP contribution in [0.3, 0.4) is 0 Å². The summed E-state index contributed by atoms with van der Waals surface area (Å²) in [5.74, 6) is -0.413. The van der Waals surface area contributed by atoms with Gasteiger partial charge in [0.05, 0.1) is 15.9 Å². The number of halogens is 2. The Balaban J connectivity index is 0.00000368. The minimum absolute atomic E-state index is 0. The Kier molecular flexibility index (Phi) is 9.57. The molecular formula is C32H42Cl2N4O4S. The molecule has 0 bridgehead atoms. The third-order valence-electron chi connectivity index (χ3n) is 8.86. The van der Waals surface area contributed by atoms with E-state index in [2.05, 4.69) is 26.5 Å². The minimum Gasteiger partial charge on any atom is -0.477 e. The van der Waals surface area contributed by atoms with Gasteiger partial charge in [-0.05, 0) is 69.4 Å². The van der Waals surface area contributed by atoms with E-state index in [9.17, 15) is 14.7 Å². The second-order valence-electron chi connectivity index (χ2n) is 12.8. The molecule has 43 heavy (non-hydrogen) atoms. The number of aromatic carboxylic acids is 1. The summed E-state index contributed by atoms with van der Waals surface area (Å²) in [5.41, 5.74) is 5.48. The van der Waals surface area contributed by atoms with E-state index >= 15 is 0 Å². The van der Waals surface area contributed by atoms with Gasteiger partial charge in [0.25, 0.3) is 0 Å². The maximum Gasteiger partial charge on any atom is 0.410 e. The maximum absolute atomic E-state index is 12.5. The molecule has 8 nitrogen and oxygen atoms in total. The summed E-state index contributed by atoms with van der Waals surface area (Å²) in [6.07, 6.45) is 5.76. The van der Waals surface area contributed by atoms with Crippen molar-refractivity contribution in [3.8, 4) is 11.3 Å². The standard InChI is InChI=1S/C32H41ClN4O4S.ClH/c1-32(2,3)41-31(40)36-15-12-34(13-16-36)11-14-35-17-18-37-25-20-26(30(38)39)42-29(25)27(21-7-5-4-6-8-21)28(37)23-10-9-22(33)19-24(23)35;/h9-10,19-21H,4-8,11-18H2,1-3H3,(H,38,39);1H. The number of piperazine rings is 1. The van der Waals surface area contributed by atoms with E-state index in [1.54, 1.807) is 4.90 Å². The van der Waals surface area contributed by atoms with Crippen molar-refractivity contribution >= 4 is 63.3 Å². The number of ether oxygens (including phenoxy) is 1. The smallest absolute Gasteiger partial charge is 0.410 e. The number of amides is 1. The van der Waals surface area contributed by atoms with Crippen molar-refractivity contribution in [2.24, 2.45) is 0 Å². The van der Waals surface area contributed by atoms with Crippen molar-refractivity contribution in [3.05, 3.63) is 39.7 Å². The van der Waals surface area contributed by atoms with Crippen molar-refractivity contribution in [1.29, 1.82) is 0 Å². The lowest BCUT2D eigenvalue weighted by Crippen LogP contribution is -2.51. The van der Waals surface area contributed by atoms with Gasteiger partial charge in [-0.3, -0.25) is 4.90 Å². The molecule has 1 amide bonds. The fourth-order valence-corrected chi connectivity index (χ4v) is 8.12. The Hall–Kier alpha value is -2.46. The molecule has 2 aliphatic heterocycles. The third-order valence-corrected chi connectivity index (χ3v) is 10.2. The molecule has 6 rings (SSSR count). The predicted octanol–water partition coefficient (Wildman–Crippen LogP) is 7.56. The molecule has 1 N–H and O–H groups in total. The van der Waals surface area contributed by atoms with Crippen LogP contribution in [0.25, 0.3) is 21.5 Å². The van der Waals surface area contributed by atoms with E-state index in [-0.39, 0.29) is 18.5 Å². The highest BCUT2D eigenvalue weighted by Gasteiger charge is 2.33. The summed E-state index contributed by atoms with van der Waals surface area (Å²) >= 11 is 8.04. The molecule has 3 aliphatic rings. The zero-order valence-electron chi connectivity index (χ0n) is 25.2. The van der Waals surface area contributed by atoms with Crippen molar-refractivity contribution in [1.82, 2.24) is 14.4 Å². The number of nitrogens with zero attached hydrogens (tertiary/aromatic N) is 4. The third kappa shape index (κ3) is 6.65. The topological polar surface area (TPSA) is 78.2 Å². The van der Waals surface area contributed by atoms with Gasteiger partial charge in [0, 0.05) is 68.6 Å². The largest absolute Gasteiger partial charge is 0.477 e. The normalized spacial score (nSPS) is 18.1. The number of carboxylic acid groups (broad SMARTS) is 1. The van der Waals surface area contributed by atoms with Crippen LogP contribution in [0.15, 0.2) is 24.3 Å². The molecule has 1 aliphatic carbocycles. The second-order valence-corrected chi connectivity index (χ2v) is 14.3. The molecule has 11 heteroatoms. The molecule has 2 fully saturated rings. The Morgan fingerprint density at radius 1 is 1.00 bits per heavy atom. The van der Waals surface area contributed by atoms with E-state index < -0.39 is 11.6 Å². The molecule has 0 unspecified atom stereocenters. The van der Waals surface area contributed by atoms with Crippen LogP contribution in [-0.2, 0) is 11.3 Å². The van der Waals surface area contributed by atoms with Crippen LogP contribution in [0.4, 0.5) is 10.5 Å². The Labute approximate surface area is 268 Å². The maximum atomic E-state index is 12.5. The number of carbonyl (C=O) groups excluding carboxylic acids is 1. The summed E-state index contributed by atoms with van der Waals surface area (Å²) < 4.78 is 9.10. The van der Waals surface area contributed by atoms with Crippen LogP contribution in [0.2, 0.25) is 5.02 Å². The molecular weight excluding hydrogens is 607 g/mol. The van der Waals surface area contributed by atoms with E-state index in [4.69, 9.17) is 16.3 Å². The van der Waals surface area contributed by atoms with E-state index in [0.29, 0.717) is 23.9 Å². The van der Waals surface area contributed by atoms with Gasteiger partial charge < -0.3 is 24.2 Å². The number of aromatic nitrogens is 1. The zero-order valence-corrected chi connectivity index (χ0v) is 27.6. The van der Waals surface area contributed by atoms with Gasteiger partial charge in [-0.25, -0.2) is 9.59 Å². The first-order valence-electron chi connectivity index (χ1n) is 15.2. The number of anilines is 1. The van der Waals surface area contributed by atoms with Gasteiger partial charge in [-0.15, -0.1) is 23.7 Å². The Morgan fingerprint density at radius 2 is 1.72 bits per heavy atom. The SMILES string of the molecule is CC(C)(C)OC(=O)N1CCN(CCN2CCn3c(c(C4CCCCC4)c4sc(C(=O)O)cc43)-c3ccc(Cl)cc32)CC1.Cl. The lowest BCUT2D eigenvalue weighted by Gasteiger charge is -2.36. The van der Waals surface area contributed by atoms with Gasteiger partial charge >= 0.3 is 12.1 Å². The van der Waals surface area contributed by atoms with Crippen LogP contribution in [-0.4, -0.2) is 83.0 Å². The number of fused-ring (bicyclic) bond motifs is 5. The van der Waals surface area contributed by atoms with E-state index in [1.807, 2.05) is 32.9 Å². The van der Waals surface area contributed by atoms with Crippen molar-refractivity contribution in [3.63, 3.8) is 0 Å². The molecule has 4 heterocycles. The fraction of sp³-hybridized carbons (Fsp3) is 0.562. The van der Waals surface area contributed by atoms with E-state index in [1.165, 1.54) is 47.4 Å². The Morgan fingerprint density at radius 3 is 2.40 bits per heavy atom. The molecule has 1 aromatic carbocycles. The van der Waals surface area contributed by atoms with Crippen molar-refractivity contribution in [2.45, 2.75) is 70.9 Å². The lowest BCUT2D eigenvalue weighted by molar-refractivity contribution is 0.0147. The highest BCUT2D eigenvalue weighted by Crippen LogP contribution is 2.49. The number of benzene rings is 1. The number of carboxylic acids is 1. The molecule has 3 aromatic rings. The zero-order chi connectivity index (χ0) is 29.6. The van der Waals surface area contributed by atoms with Crippen LogP contribution in [0.1, 0.15) is 74.0 Å². The van der Waals surface area contributed by atoms with Crippen LogP contribution < -0.4 is 4.90 Å². The number of rotatable bonds is 5. The quantitative estimate of drug-likeness (QED) is 0.308. The van der Waals surface area contributed by atoms with Crippen molar-refractivity contribution in [2.75, 3.05) is 50.7 Å². The average molecular weight is 650 g/mol. The predicted molar refractivity (Wildman–Crippen MR) is 177 cm³/mol.